The van der Waals surface area contributed by atoms with Gasteiger partial charge in [0.05, 0.1) is 24.4 Å². The Morgan fingerprint density at radius 1 is 1.30 bits per heavy atom. The van der Waals surface area contributed by atoms with Crippen molar-refractivity contribution in [1.82, 2.24) is 5.32 Å². The summed E-state index contributed by atoms with van der Waals surface area (Å²) in [5.74, 6) is 0.312. The molecule has 6 heteroatoms. The molecule has 23 heavy (non-hydrogen) atoms. The van der Waals surface area contributed by atoms with Crippen molar-refractivity contribution in [2.75, 3.05) is 11.4 Å². The van der Waals surface area contributed by atoms with Gasteiger partial charge in [-0.2, -0.15) is 5.26 Å². The van der Waals surface area contributed by atoms with E-state index in [1.165, 1.54) is 11.8 Å². The summed E-state index contributed by atoms with van der Waals surface area (Å²) < 4.78 is 5.13. The number of carbonyl (C=O) groups is 2. The number of nitrogens with zero attached hydrogens (tertiary/aromatic N) is 2. The van der Waals surface area contributed by atoms with E-state index >= 15 is 0 Å². The number of nitriles is 1. The fourth-order valence-corrected chi connectivity index (χ4v) is 2.11. The molecule has 0 saturated carbocycles. The van der Waals surface area contributed by atoms with Gasteiger partial charge in [0.15, 0.2) is 0 Å². The van der Waals surface area contributed by atoms with E-state index in [1.807, 2.05) is 6.07 Å². The van der Waals surface area contributed by atoms with Crippen molar-refractivity contribution in [3.05, 3.63) is 54.0 Å². The maximum Gasteiger partial charge on any atom is 0.223 e. The Morgan fingerprint density at radius 3 is 2.78 bits per heavy atom. The third-order valence-corrected chi connectivity index (χ3v) is 3.27. The summed E-state index contributed by atoms with van der Waals surface area (Å²) in [4.78, 5) is 25.2. The van der Waals surface area contributed by atoms with Gasteiger partial charge < -0.3 is 14.6 Å². The second-order valence-electron chi connectivity index (χ2n) is 4.94. The summed E-state index contributed by atoms with van der Waals surface area (Å²) in [5.41, 5.74) is 1.08. The number of carbonyl (C=O) groups excluding carboxylic acids is 2. The lowest BCUT2D eigenvalue weighted by atomic mass is 10.2. The van der Waals surface area contributed by atoms with Crippen molar-refractivity contribution in [1.29, 1.82) is 5.26 Å². The van der Waals surface area contributed by atoms with Gasteiger partial charge in [-0.1, -0.05) is 6.07 Å². The first kappa shape index (κ1) is 16.3. The highest BCUT2D eigenvalue weighted by atomic mass is 16.3. The zero-order valence-electron chi connectivity index (χ0n) is 12.8. The summed E-state index contributed by atoms with van der Waals surface area (Å²) in [5, 5.41) is 11.7. The Kier molecular flexibility index (Phi) is 5.53. The molecule has 0 fully saturated rings. The monoisotopic (exact) mass is 311 g/mol. The lowest BCUT2D eigenvalue weighted by Gasteiger charge is -2.21. The van der Waals surface area contributed by atoms with Crippen LogP contribution in [0.4, 0.5) is 5.69 Å². The minimum Gasteiger partial charge on any atom is -0.467 e. The van der Waals surface area contributed by atoms with Crippen LogP contribution in [-0.4, -0.2) is 18.4 Å². The van der Waals surface area contributed by atoms with Gasteiger partial charge >= 0.3 is 0 Å². The second kappa shape index (κ2) is 7.80. The first-order valence-corrected chi connectivity index (χ1v) is 7.17. The summed E-state index contributed by atoms with van der Waals surface area (Å²) in [6.45, 7) is 1.99. The van der Waals surface area contributed by atoms with Gasteiger partial charge in [-0.25, -0.2) is 0 Å². The van der Waals surface area contributed by atoms with Crippen molar-refractivity contribution in [2.45, 2.75) is 19.9 Å². The van der Waals surface area contributed by atoms with Gasteiger partial charge in [0.2, 0.25) is 11.8 Å². The van der Waals surface area contributed by atoms with Gasteiger partial charge in [-0.15, -0.1) is 0 Å². The molecule has 1 aromatic heterocycles. The highest BCUT2D eigenvalue weighted by molar-refractivity contribution is 5.92. The van der Waals surface area contributed by atoms with Crippen LogP contribution in [0.25, 0.3) is 0 Å². The summed E-state index contributed by atoms with van der Waals surface area (Å²) in [6.07, 6.45) is 1.71. The highest BCUT2D eigenvalue weighted by Gasteiger charge is 2.14. The molecular weight excluding hydrogens is 294 g/mol. The lowest BCUT2D eigenvalue weighted by molar-refractivity contribution is -0.121. The van der Waals surface area contributed by atoms with E-state index in [4.69, 9.17) is 9.68 Å². The molecule has 1 aromatic carbocycles. The zero-order chi connectivity index (χ0) is 16.7. The number of rotatable bonds is 6. The third-order valence-electron chi connectivity index (χ3n) is 3.27. The van der Waals surface area contributed by atoms with Crippen molar-refractivity contribution >= 4 is 17.5 Å². The molecule has 0 bridgehead atoms. The minimum absolute atomic E-state index is 0.164. The molecule has 0 saturated heterocycles. The van der Waals surface area contributed by atoms with E-state index in [-0.39, 0.29) is 24.8 Å². The number of hydrogen-bond donors (Lipinski definition) is 1. The van der Waals surface area contributed by atoms with Crippen molar-refractivity contribution in [2.24, 2.45) is 0 Å². The standard InChI is InChI=1S/C17H17N3O3/c1-13(21)20(15-5-2-4-14(10-15)11-18)8-7-17(22)19-12-16-6-3-9-23-16/h2-6,9-10H,7-8,12H2,1H3,(H,19,22). The number of hydrogen-bond acceptors (Lipinski definition) is 4. The maximum atomic E-state index is 11.9. The van der Waals surface area contributed by atoms with Crippen LogP contribution in [0.2, 0.25) is 0 Å². The SMILES string of the molecule is CC(=O)N(CCC(=O)NCc1ccco1)c1cccc(C#N)c1. The lowest BCUT2D eigenvalue weighted by Crippen LogP contribution is -2.33. The van der Waals surface area contributed by atoms with Gasteiger partial charge in [0, 0.05) is 25.6 Å². The van der Waals surface area contributed by atoms with E-state index < -0.39 is 0 Å². The summed E-state index contributed by atoms with van der Waals surface area (Å²) >= 11 is 0. The van der Waals surface area contributed by atoms with Crippen LogP contribution >= 0.6 is 0 Å². The molecule has 0 atom stereocenters. The van der Waals surface area contributed by atoms with Gasteiger partial charge in [-0.05, 0) is 30.3 Å². The van der Waals surface area contributed by atoms with Crippen LogP contribution in [0.5, 0.6) is 0 Å². The Bertz CT molecular complexity index is 717. The Balaban J connectivity index is 1.93. The number of benzene rings is 1. The molecule has 2 aromatic rings. The van der Waals surface area contributed by atoms with E-state index in [9.17, 15) is 9.59 Å². The molecule has 0 aliphatic heterocycles. The summed E-state index contributed by atoms with van der Waals surface area (Å²) in [6, 6.07) is 12.3. The molecule has 0 spiro atoms. The molecule has 6 nitrogen and oxygen atoms in total. The number of anilines is 1. The molecule has 2 amide bonds. The molecule has 1 heterocycles. The normalized spacial score (nSPS) is 9.91. The molecule has 2 rings (SSSR count). The first-order chi connectivity index (χ1) is 11.1. The Hall–Kier alpha value is -3.07. The maximum absolute atomic E-state index is 11.9. The summed E-state index contributed by atoms with van der Waals surface area (Å²) in [7, 11) is 0. The second-order valence-corrected chi connectivity index (χ2v) is 4.94. The van der Waals surface area contributed by atoms with Crippen LogP contribution in [0, 0.1) is 11.3 Å². The number of nitrogens with one attached hydrogen (secondary N) is 1. The van der Waals surface area contributed by atoms with E-state index in [1.54, 1.807) is 42.7 Å². The molecule has 0 unspecified atom stereocenters. The van der Waals surface area contributed by atoms with Gasteiger partial charge in [-0.3, -0.25) is 9.59 Å². The molecule has 0 aliphatic carbocycles. The van der Waals surface area contributed by atoms with Crippen LogP contribution in [-0.2, 0) is 16.1 Å². The highest BCUT2D eigenvalue weighted by Crippen LogP contribution is 2.16. The largest absolute Gasteiger partial charge is 0.467 e. The molecule has 118 valence electrons. The molecule has 0 radical (unpaired) electrons. The average Bonchev–Trinajstić information content (AvgIpc) is 3.06. The first-order valence-electron chi connectivity index (χ1n) is 7.17. The predicted molar refractivity (Wildman–Crippen MR) is 84.4 cm³/mol. The topological polar surface area (TPSA) is 86.3 Å². The molecule has 1 N–H and O–H groups in total. The Labute approximate surface area is 134 Å². The van der Waals surface area contributed by atoms with Crippen LogP contribution in [0.3, 0.4) is 0 Å². The molecular formula is C17H17N3O3. The van der Waals surface area contributed by atoms with E-state index in [0.717, 1.165) is 0 Å². The Morgan fingerprint density at radius 2 is 2.13 bits per heavy atom. The minimum atomic E-state index is -0.182. The van der Waals surface area contributed by atoms with Crippen molar-refractivity contribution in [3.8, 4) is 6.07 Å². The van der Waals surface area contributed by atoms with Gasteiger partial charge in [0.25, 0.3) is 0 Å². The van der Waals surface area contributed by atoms with Crippen LogP contribution in [0.1, 0.15) is 24.7 Å². The smallest absolute Gasteiger partial charge is 0.223 e. The molecule has 0 aliphatic rings. The fourth-order valence-electron chi connectivity index (χ4n) is 2.11. The number of amides is 2. The quantitative estimate of drug-likeness (QED) is 0.886. The van der Waals surface area contributed by atoms with E-state index in [2.05, 4.69) is 5.32 Å². The fraction of sp³-hybridized carbons (Fsp3) is 0.235. The van der Waals surface area contributed by atoms with Crippen LogP contribution in [0.15, 0.2) is 47.1 Å². The number of furan rings is 1. The zero-order valence-corrected chi connectivity index (χ0v) is 12.8. The van der Waals surface area contributed by atoms with Crippen molar-refractivity contribution in [3.63, 3.8) is 0 Å². The average molecular weight is 311 g/mol. The predicted octanol–water partition coefficient (Wildman–Crippen LogP) is 2.21. The third kappa shape index (κ3) is 4.71. The van der Waals surface area contributed by atoms with Crippen LogP contribution < -0.4 is 10.2 Å². The van der Waals surface area contributed by atoms with Crippen molar-refractivity contribution < 1.29 is 14.0 Å². The van der Waals surface area contributed by atoms with Gasteiger partial charge in [0.1, 0.15) is 5.76 Å². The van der Waals surface area contributed by atoms with E-state index in [0.29, 0.717) is 23.6 Å².